The Morgan fingerprint density at radius 3 is 2.50 bits per heavy atom. The minimum Gasteiger partial charge on any atom is -0.495 e. The first kappa shape index (κ1) is 13.0. The highest BCUT2D eigenvalue weighted by Crippen LogP contribution is 2.28. The number of ether oxygens (including phenoxy) is 1. The predicted molar refractivity (Wildman–Crippen MR) is 66.7 cm³/mol. The Balaban J connectivity index is 2.93. The van der Waals surface area contributed by atoms with Crippen LogP contribution in [0.15, 0.2) is 18.5 Å². The second-order valence-electron chi connectivity index (χ2n) is 4.00. The lowest BCUT2D eigenvalue weighted by Gasteiger charge is -2.25. The number of methoxy groups -OCH3 is 1. The van der Waals surface area contributed by atoms with Crippen LogP contribution in [0.3, 0.4) is 0 Å². The summed E-state index contributed by atoms with van der Waals surface area (Å²) in [5.41, 5.74) is 1.20. The van der Waals surface area contributed by atoms with E-state index in [1.54, 1.807) is 13.3 Å². The lowest BCUT2D eigenvalue weighted by molar-refractivity contribution is 0.356. The van der Waals surface area contributed by atoms with Gasteiger partial charge in [-0.3, -0.25) is 4.98 Å². The van der Waals surface area contributed by atoms with E-state index < -0.39 is 0 Å². The normalized spacial score (nSPS) is 12.8. The summed E-state index contributed by atoms with van der Waals surface area (Å²) in [7, 11) is 3.68. The van der Waals surface area contributed by atoms with Crippen molar-refractivity contribution in [1.29, 1.82) is 0 Å². The standard InChI is InChI=1S/C13H22N2O/c1-5-10(6-2)13(14-3)11-7-12(16-4)9-15-8-11/h7-10,13-14H,5-6H2,1-4H3. The fourth-order valence-corrected chi connectivity index (χ4v) is 2.15. The second-order valence-corrected chi connectivity index (χ2v) is 4.00. The number of rotatable bonds is 6. The highest BCUT2D eigenvalue weighted by Gasteiger charge is 2.19. The SMILES string of the molecule is CCC(CC)C(NC)c1cncc(OC)c1. The van der Waals surface area contributed by atoms with E-state index in [-0.39, 0.29) is 0 Å². The molecule has 1 aromatic heterocycles. The third kappa shape index (κ3) is 2.95. The Morgan fingerprint density at radius 2 is 2.00 bits per heavy atom. The van der Waals surface area contributed by atoms with Gasteiger partial charge in [-0.2, -0.15) is 0 Å². The molecule has 0 amide bonds. The van der Waals surface area contributed by atoms with Crippen LogP contribution < -0.4 is 10.1 Å². The highest BCUT2D eigenvalue weighted by atomic mass is 16.5. The van der Waals surface area contributed by atoms with E-state index in [2.05, 4.69) is 30.2 Å². The molecule has 0 spiro atoms. The van der Waals surface area contributed by atoms with Crippen LogP contribution >= 0.6 is 0 Å². The number of nitrogens with one attached hydrogen (secondary N) is 1. The number of aromatic nitrogens is 1. The maximum absolute atomic E-state index is 5.21. The van der Waals surface area contributed by atoms with Crippen molar-refractivity contribution in [3.8, 4) is 5.75 Å². The van der Waals surface area contributed by atoms with E-state index in [0.717, 1.165) is 5.75 Å². The molecule has 16 heavy (non-hydrogen) atoms. The van der Waals surface area contributed by atoms with Gasteiger partial charge in [-0.05, 0) is 24.6 Å². The Kier molecular flexibility index (Phi) is 5.26. The van der Waals surface area contributed by atoms with Crippen LogP contribution in [0.2, 0.25) is 0 Å². The first-order valence-corrected chi connectivity index (χ1v) is 5.92. The first-order valence-electron chi connectivity index (χ1n) is 5.92. The van der Waals surface area contributed by atoms with E-state index in [4.69, 9.17) is 4.74 Å². The molecule has 3 heteroatoms. The van der Waals surface area contributed by atoms with E-state index in [0.29, 0.717) is 12.0 Å². The van der Waals surface area contributed by atoms with Crippen LogP contribution in [-0.2, 0) is 0 Å². The van der Waals surface area contributed by atoms with Crippen molar-refractivity contribution in [3.63, 3.8) is 0 Å². The molecule has 1 rings (SSSR count). The van der Waals surface area contributed by atoms with Crippen molar-refractivity contribution < 1.29 is 4.74 Å². The molecule has 0 aliphatic carbocycles. The first-order chi connectivity index (χ1) is 7.76. The average Bonchev–Trinajstić information content (AvgIpc) is 2.35. The molecular weight excluding hydrogens is 200 g/mol. The third-order valence-corrected chi connectivity index (χ3v) is 3.16. The third-order valence-electron chi connectivity index (χ3n) is 3.16. The molecule has 1 aromatic rings. The molecule has 0 aromatic carbocycles. The molecule has 0 fully saturated rings. The summed E-state index contributed by atoms with van der Waals surface area (Å²) >= 11 is 0. The van der Waals surface area contributed by atoms with Crippen molar-refractivity contribution in [2.45, 2.75) is 32.7 Å². The summed E-state index contributed by atoms with van der Waals surface area (Å²) in [4.78, 5) is 4.21. The topological polar surface area (TPSA) is 34.2 Å². The number of pyridine rings is 1. The number of hydrogen-bond acceptors (Lipinski definition) is 3. The van der Waals surface area contributed by atoms with Gasteiger partial charge in [-0.15, -0.1) is 0 Å². The van der Waals surface area contributed by atoms with Gasteiger partial charge in [0.05, 0.1) is 13.3 Å². The van der Waals surface area contributed by atoms with Crippen LogP contribution in [-0.4, -0.2) is 19.1 Å². The van der Waals surface area contributed by atoms with Gasteiger partial charge in [0.25, 0.3) is 0 Å². The van der Waals surface area contributed by atoms with Crippen LogP contribution in [0.4, 0.5) is 0 Å². The molecule has 90 valence electrons. The van der Waals surface area contributed by atoms with Gasteiger partial charge in [0.15, 0.2) is 0 Å². The molecule has 0 radical (unpaired) electrons. The van der Waals surface area contributed by atoms with Crippen molar-refractivity contribution in [2.24, 2.45) is 5.92 Å². The fourth-order valence-electron chi connectivity index (χ4n) is 2.15. The zero-order valence-electron chi connectivity index (χ0n) is 10.7. The van der Waals surface area contributed by atoms with Crippen molar-refractivity contribution in [3.05, 3.63) is 24.0 Å². The molecule has 0 bridgehead atoms. The fraction of sp³-hybridized carbons (Fsp3) is 0.615. The monoisotopic (exact) mass is 222 g/mol. The maximum Gasteiger partial charge on any atom is 0.137 e. The molecular formula is C13H22N2O. The van der Waals surface area contributed by atoms with Crippen LogP contribution in [0.5, 0.6) is 5.75 Å². The van der Waals surface area contributed by atoms with Gasteiger partial charge < -0.3 is 10.1 Å². The largest absolute Gasteiger partial charge is 0.495 e. The smallest absolute Gasteiger partial charge is 0.137 e. The summed E-state index contributed by atoms with van der Waals surface area (Å²) < 4.78 is 5.21. The molecule has 1 atom stereocenters. The molecule has 0 aliphatic heterocycles. The molecule has 1 heterocycles. The van der Waals surface area contributed by atoms with Crippen LogP contribution in [0.1, 0.15) is 38.3 Å². The second kappa shape index (κ2) is 6.48. The Hall–Kier alpha value is -1.09. The average molecular weight is 222 g/mol. The summed E-state index contributed by atoms with van der Waals surface area (Å²) in [5, 5.41) is 3.38. The van der Waals surface area contributed by atoms with Gasteiger partial charge in [0, 0.05) is 12.2 Å². The van der Waals surface area contributed by atoms with Crippen molar-refractivity contribution in [1.82, 2.24) is 10.3 Å². The van der Waals surface area contributed by atoms with Gasteiger partial charge >= 0.3 is 0 Å². The van der Waals surface area contributed by atoms with Crippen LogP contribution in [0, 0.1) is 5.92 Å². The van der Waals surface area contributed by atoms with Gasteiger partial charge in [0.2, 0.25) is 0 Å². The zero-order chi connectivity index (χ0) is 12.0. The minimum atomic E-state index is 0.359. The lowest BCUT2D eigenvalue weighted by Crippen LogP contribution is -2.24. The molecule has 3 nitrogen and oxygen atoms in total. The van der Waals surface area contributed by atoms with Crippen molar-refractivity contribution in [2.75, 3.05) is 14.2 Å². The summed E-state index contributed by atoms with van der Waals surface area (Å²) in [6.45, 7) is 4.46. The molecule has 1 unspecified atom stereocenters. The van der Waals surface area contributed by atoms with Gasteiger partial charge in [-0.1, -0.05) is 26.7 Å². The van der Waals surface area contributed by atoms with E-state index in [1.165, 1.54) is 18.4 Å². The Labute approximate surface area is 98.2 Å². The van der Waals surface area contributed by atoms with Crippen molar-refractivity contribution >= 4 is 0 Å². The Bertz CT molecular complexity index is 311. The molecule has 1 N–H and O–H groups in total. The highest BCUT2D eigenvalue weighted by molar-refractivity contribution is 5.26. The summed E-state index contributed by atoms with van der Waals surface area (Å²) in [5.74, 6) is 1.46. The summed E-state index contributed by atoms with van der Waals surface area (Å²) in [6, 6.07) is 2.42. The minimum absolute atomic E-state index is 0.359. The number of hydrogen-bond donors (Lipinski definition) is 1. The van der Waals surface area contributed by atoms with E-state index >= 15 is 0 Å². The predicted octanol–water partition coefficient (Wildman–Crippen LogP) is 2.79. The molecule has 0 aliphatic rings. The number of nitrogens with zero attached hydrogens (tertiary/aromatic N) is 1. The maximum atomic E-state index is 5.21. The Morgan fingerprint density at radius 1 is 1.31 bits per heavy atom. The van der Waals surface area contributed by atoms with Gasteiger partial charge in [0.1, 0.15) is 5.75 Å². The molecule has 0 saturated carbocycles. The lowest BCUT2D eigenvalue weighted by atomic mass is 9.90. The van der Waals surface area contributed by atoms with Crippen LogP contribution in [0.25, 0.3) is 0 Å². The summed E-state index contributed by atoms with van der Waals surface area (Å²) in [6.07, 6.45) is 5.99. The zero-order valence-corrected chi connectivity index (χ0v) is 10.7. The van der Waals surface area contributed by atoms with E-state index in [1.807, 2.05) is 13.2 Å². The quantitative estimate of drug-likeness (QED) is 0.803. The molecule has 0 saturated heterocycles. The van der Waals surface area contributed by atoms with Gasteiger partial charge in [-0.25, -0.2) is 0 Å². The van der Waals surface area contributed by atoms with E-state index in [9.17, 15) is 0 Å².